The van der Waals surface area contributed by atoms with Crippen LogP contribution in [-0.4, -0.2) is 19.0 Å². The molecule has 6 N–H and O–H groups in total. The van der Waals surface area contributed by atoms with Crippen LogP contribution in [0.15, 0.2) is 58.5 Å². The van der Waals surface area contributed by atoms with Crippen LogP contribution in [0, 0.1) is 0 Å². The summed E-state index contributed by atoms with van der Waals surface area (Å²) in [5, 5.41) is 0. The van der Waals surface area contributed by atoms with Crippen molar-refractivity contribution in [3.05, 3.63) is 48.5 Å². The summed E-state index contributed by atoms with van der Waals surface area (Å²) in [6.45, 7) is 0. The molecular formula is C15H17N5O. The van der Waals surface area contributed by atoms with Gasteiger partial charge in [-0.05, 0) is 23.8 Å². The molecule has 0 heterocycles. The number of methoxy groups -OCH3 is 1. The number of guanidine groups is 2. The third-order valence-corrected chi connectivity index (χ3v) is 2.77. The van der Waals surface area contributed by atoms with Gasteiger partial charge in [0.25, 0.3) is 0 Å². The average molecular weight is 283 g/mol. The Morgan fingerprint density at radius 3 is 2.24 bits per heavy atom. The van der Waals surface area contributed by atoms with Crippen molar-refractivity contribution in [1.82, 2.24) is 0 Å². The van der Waals surface area contributed by atoms with Gasteiger partial charge in [-0.15, -0.1) is 0 Å². The first-order valence-electron chi connectivity index (χ1n) is 6.27. The van der Waals surface area contributed by atoms with Crippen LogP contribution < -0.4 is 21.9 Å². The van der Waals surface area contributed by atoms with Gasteiger partial charge in [-0.1, -0.05) is 30.3 Å². The fourth-order valence-corrected chi connectivity index (χ4v) is 1.89. The van der Waals surface area contributed by atoms with Crippen LogP contribution >= 0.6 is 0 Å². The van der Waals surface area contributed by atoms with Gasteiger partial charge in [0.2, 0.25) is 5.96 Å². The van der Waals surface area contributed by atoms with Gasteiger partial charge in [0.1, 0.15) is 5.75 Å². The van der Waals surface area contributed by atoms with Crippen LogP contribution in [0.4, 0.5) is 5.69 Å². The maximum absolute atomic E-state index is 5.58. The lowest BCUT2D eigenvalue weighted by Gasteiger charge is -2.08. The molecule has 21 heavy (non-hydrogen) atoms. The van der Waals surface area contributed by atoms with Gasteiger partial charge in [-0.25, -0.2) is 4.99 Å². The summed E-state index contributed by atoms with van der Waals surface area (Å²) in [4.78, 5) is 7.75. The van der Waals surface area contributed by atoms with E-state index in [1.54, 1.807) is 7.11 Å². The Balaban J connectivity index is 2.29. The van der Waals surface area contributed by atoms with E-state index in [1.165, 1.54) is 0 Å². The number of hydrogen-bond donors (Lipinski definition) is 3. The van der Waals surface area contributed by atoms with Crippen molar-refractivity contribution in [2.24, 2.45) is 27.2 Å². The second-order valence-electron chi connectivity index (χ2n) is 4.25. The number of ether oxygens (including phenoxy) is 1. The maximum Gasteiger partial charge on any atom is 0.223 e. The SMILES string of the molecule is COc1ccccc1-c1ccc(N=C(N)N=C(N)N)cc1. The number of nitrogens with two attached hydrogens (primary N) is 3. The standard InChI is InChI=1S/C15H17N5O/c1-21-13-5-3-2-4-12(13)10-6-8-11(9-7-10)19-15(18)20-14(16)17/h2-9H,1H3,(H6,16,17,18,19,20). The Morgan fingerprint density at radius 2 is 1.62 bits per heavy atom. The van der Waals surface area contributed by atoms with Gasteiger partial charge in [-0.3, -0.25) is 0 Å². The molecule has 108 valence electrons. The van der Waals surface area contributed by atoms with E-state index in [2.05, 4.69) is 9.98 Å². The van der Waals surface area contributed by atoms with Crippen LogP contribution in [0.3, 0.4) is 0 Å². The van der Waals surface area contributed by atoms with E-state index < -0.39 is 0 Å². The lowest BCUT2D eigenvalue weighted by atomic mass is 10.0. The number of nitrogens with zero attached hydrogens (tertiary/aromatic N) is 2. The summed E-state index contributed by atoms with van der Waals surface area (Å²) in [5.41, 5.74) is 18.7. The molecule has 0 amide bonds. The van der Waals surface area contributed by atoms with Crippen LogP contribution in [-0.2, 0) is 0 Å². The van der Waals surface area contributed by atoms with E-state index >= 15 is 0 Å². The van der Waals surface area contributed by atoms with E-state index in [0.717, 1.165) is 16.9 Å². The lowest BCUT2D eigenvalue weighted by molar-refractivity contribution is 0.416. The maximum atomic E-state index is 5.58. The van der Waals surface area contributed by atoms with Crippen molar-refractivity contribution >= 4 is 17.6 Å². The Bertz CT molecular complexity index is 673. The second-order valence-corrected chi connectivity index (χ2v) is 4.25. The molecule has 6 nitrogen and oxygen atoms in total. The van der Waals surface area contributed by atoms with E-state index in [0.29, 0.717) is 5.69 Å². The molecule has 0 saturated carbocycles. The highest BCUT2D eigenvalue weighted by atomic mass is 16.5. The van der Waals surface area contributed by atoms with Crippen LogP contribution in [0.1, 0.15) is 0 Å². The zero-order valence-corrected chi connectivity index (χ0v) is 11.7. The zero-order chi connectivity index (χ0) is 15.2. The van der Waals surface area contributed by atoms with Crippen molar-refractivity contribution in [2.45, 2.75) is 0 Å². The molecule has 6 heteroatoms. The smallest absolute Gasteiger partial charge is 0.223 e. The third-order valence-electron chi connectivity index (χ3n) is 2.77. The van der Waals surface area contributed by atoms with Gasteiger partial charge in [0, 0.05) is 5.56 Å². The van der Waals surface area contributed by atoms with Crippen LogP contribution in [0.25, 0.3) is 11.1 Å². The molecule has 0 aliphatic rings. The number of benzene rings is 2. The van der Waals surface area contributed by atoms with E-state index in [1.807, 2.05) is 48.5 Å². The lowest BCUT2D eigenvalue weighted by Crippen LogP contribution is -2.26. The van der Waals surface area contributed by atoms with Crippen molar-refractivity contribution in [2.75, 3.05) is 7.11 Å². The first-order chi connectivity index (χ1) is 10.1. The minimum absolute atomic E-state index is 0.0139. The Kier molecular flexibility index (Phi) is 4.40. The van der Waals surface area contributed by atoms with Crippen molar-refractivity contribution in [3.63, 3.8) is 0 Å². The minimum atomic E-state index is -0.123. The van der Waals surface area contributed by atoms with E-state index in [9.17, 15) is 0 Å². The van der Waals surface area contributed by atoms with E-state index in [-0.39, 0.29) is 11.9 Å². The quantitative estimate of drug-likeness (QED) is 0.586. The zero-order valence-electron chi connectivity index (χ0n) is 11.7. The number of para-hydroxylation sites is 1. The Labute approximate surface area is 123 Å². The van der Waals surface area contributed by atoms with Crippen LogP contribution in [0.2, 0.25) is 0 Å². The van der Waals surface area contributed by atoms with Gasteiger partial charge in [0.15, 0.2) is 5.96 Å². The summed E-state index contributed by atoms with van der Waals surface area (Å²) < 4.78 is 5.35. The monoisotopic (exact) mass is 283 g/mol. The minimum Gasteiger partial charge on any atom is -0.496 e. The summed E-state index contributed by atoms with van der Waals surface area (Å²) in [5.74, 6) is 0.704. The predicted molar refractivity (Wildman–Crippen MR) is 85.5 cm³/mol. The molecule has 0 radical (unpaired) electrons. The van der Waals surface area contributed by atoms with Crippen molar-refractivity contribution in [3.8, 4) is 16.9 Å². The first kappa shape index (κ1) is 14.4. The topological polar surface area (TPSA) is 112 Å². The summed E-state index contributed by atoms with van der Waals surface area (Å²) >= 11 is 0. The van der Waals surface area contributed by atoms with Crippen LogP contribution in [0.5, 0.6) is 5.75 Å². The molecule has 0 spiro atoms. The van der Waals surface area contributed by atoms with Crippen molar-refractivity contribution < 1.29 is 4.74 Å². The van der Waals surface area contributed by atoms with Gasteiger partial charge >= 0.3 is 0 Å². The molecule has 0 fully saturated rings. The Morgan fingerprint density at radius 1 is 0.952 bits per heavy atom. The molecule has 2 aromatic carbocycles. The highest BCUT2D eigenvalue weighted by Crippen LogP contribution is 2.30. The molecule has 0 saturated heterocycles. The van der Waals surface area contributed by atoms with Crippen molar-refractivity contribution in [1.29, 1.82) is 0 Å². The summed E-state index contributed by atoms with van der Waals surface area (Å²) in [6.07, 6.45) is 0. The number of rotatable bonds is 3. The second kappa shape index (κ2) is 6.42. The van der Waals surface area contributed by atoms with Gasteiger partial charge in [0.05, 0.1) is 12.8 Å². The third kappa shape index (κ3) is 3.73. The van der Waals surface area contributed by atoms with E-state index in [4.69, 9.17) is 21.9 Å². The molecule has 2 aromatic rings. The van der Waals surface area contributed by atoms with Gasteiger partial charge in [-0.2, -0.15) is 4.99 Å². The molecular weight excluding hydrogens is 266 g/mol. The predicted octanol–water partition coefficient (Wildman–Crippen LogP) is 1.58. The first-order valence-corrected chi connectivity index (χ1v) is 6.27. The number of hydrogen-bond acceptors (Lipinski definition) is 2. The highest BCUT2D eigenvalue weighted by Gasteiger charge is 2.04. The molecule has 2 rings (SSSR count). The Hall–Kier alpha value is -3.02. The molecule has 0 aromatic heterocycles. The largest absolute Gasteiger partial charge is 0.496 e. The fraction of sp³-hybridized carbons (Fsp3) is 0.0667. The summed E-state index contributed by atoms with van der Waals surface area (Å²) in [6, 6.07) is 15.3. The number of aliphatic imine (C=N–C) groups is 2. The molecule has 0 atom stereocenters. The normalized spacial score (nSPS) is 11.0. The highest BCUT2D eigenvalue weighted by molar-refractivity contribution is 5.93. The summed E-state index contributed by atoms with van der Waals surface area (Å²) in [7, 11) is 1.65. The fourth-order valence-electron chi connectivity index (χ4n) is 1.89. The molecule has 0 aliphatic heterocycles. The average Bonchev–Trinajstić information content (AvgIpc) is 2.47. The molecule has 0 unspecified atom stereocenters. The molecule has 0 aliphatic carbocycles. The molecule has 0 bridgehead atoms. The van der Waals surface area contributed by atoms with Gasteiger partial charge < -0.3 is 21.9 Å².